The van der Waals surface area contributed by atoms with Crippen molar-refractivity contribution in [2.75, 3.05) is 17.7 Å². The first-order valence-corrected chi connectivity index (χ1v) is 14.5. The average Bonchev–Trinajstić information content (AvgIpc) is 3.40. The molecule has 46 heavy (non-hydrogen) atoms. The number of aromatic nitrogens is 3. The lowest BCUT2D eigenvalue weighted by Gasteiger charge is -2.17. The summed E-state index contributed by atoms with van der Waals surface area (Å²) < 4.78 is 46.4. The lowest BCUT2D eigenvalue weighted by Crippen LogP contribution is -2.29. The van der Waals surface area contributed by atoms with E-state index in [0.717, 1.165) is 6.08 Å². The van der Waals surface area contributed by atoms with Gasteiger partial charge < -0.3 is 20.4 Å². The van der Waals surface area contributed by atoms with Crippen LogP contribution in [0.25, 0.3) is 17.3 Å². The van der Waals surface area contributed by atoms with Gasteiger partial charge in [0.1, 0.15) is 22.5 Å². The summed E-state index contributed by atoms with van der Waals surface area (Å²) in [5.41, 5.74) is 1.31. The third-order valence-corrected chi connectivity index (χ3v) is 7.49. The van der Waals surface area contributed by atoms with Gasteiger partial charge in [0.2, 0.25) is 11.8 Å². The van der Waals surface area contributed by atoms with Crippen molar-refractivity contribution in [2.45, 2.75) is 31.7 Å². The number of rotatable bonds is 5. The highest BCUT2D eigenvalue weighted by molar-refractivity contribution is 6.32. The zero-order valence-corrected chi connectivity index (χ0v) is 25.5. The molecular weight excluding hydrogens is 648 g/mol. The maximum absolute atomic E-state index is 14.7. The SMILES string of the molecule is COC(=O)Nc1ccc2c(c1)NC(=O)CCc1nc(ccc1F)CC(NC(=O)C=Cc1cc(Cl)ccc1C(F)F)c1nc-2c(Cl)[nH]1. The van der Waals surface area contributed by atoms with Crippen LogP contribution in [0.5, 0.6) is 0 Å². The number of hydrogen-bond donors (Lipinski definition) is 4. The van der Waals surface area contributed by atoms with E-state index < -0.39 is 36.2 Å². The monoisotopic (exact) mass is 672 g/mol. The zero-order chi connectivity index (χ0) is 33.0. The van der Waals surface area contributed by atoms with E-state index in [0.29, 0.717) is 16.9 Å². The Bertz CT molecular complexity index is 1850. The van der Waals surface area contributed by atoms with Gasteiger partial charge in [-0.25, -0.2) is 22.9 Å². The first kappa shape index (κ1) is 32.5. The van der Waals surface area contributed by atoms with Crippen molar-refractivity contribution in [2.24, 2.45) is 0 Å². The topological polar surface area (TPSA) is 138 Å². The van der Waals surface area contributed by atoms with E-state index in [1.807, 2.05) is 0 Å². The van der Waals surface area contributed by atoms with Gasteiger partial charge in [-0.15, -0.1) is 0 Å². The summed E-state index contributed by atoms with van der Waals surface area (Å²) in [4.78, 5) is 49.8. The molecule has 2 aromatic heterocycles. The number of carbonyl (C=O) groups excluding carboxylic acids is 3. The number of ether oxygens (including phenoxy) is 1. The standard InChI is InChI=1S/C31H25Cl2F3N6O4/c1-46-31(45)38-18-4-7-20-23(13-18)39-26(44)11-9-22-21(34)8-5-17(37-22)14-24(30-41-27(20)28(33)42-30)40-25(43)10-2-15-12-16(32)3-6-19(15)29(35)36/h2-8,10,12-13,24,29H,9,11,14H2,1H3,(H,38,45)(H,39,44)(H,40,43)(H,41,42). The van der Waals surface area contributed by atoms with Crippen LogP contribution in [0.2, 0.25) is 10.2 Å². The molecule has 4 bridgehead atoms. The number of hydrogen-bond acceptors (Lipinski definition) is 6. The third kappa shape index (κ3) is 7.66. The number of H-pyrrole nitrogens is 1. The molecule has 0 radical (unpaired) electrons. The molecule has 238 valence electrons. The van der Waals surface area contributed by atoms with Crippen LogP contribution in [0.1, 0.15) is 47.2 Å². The van der Waals surface area contributed by atoms with Gasteiger partial charge in [-0.2, -0.15) is 0 Å². The maximum Gasteiger partial charge on any atom is 0.411 e. The number of anilines is 2. The van der Waals surface area contributed by atoms with Crippen LogP contribution in [0, 0.1) is 5.82 Å². The minimum absolute atomic E-state index is 0.0244. The van der Waals surface area contributed by atoms with E-state index >= 15 is 0 Å². The summed E-state index contributed by atoms with van der Waals surface area (Å²) in [5, 5.41) is 8.34. The minimum Gasteiger partial charge on any atom is -0.453 e. The Kier molecular flexibility index (Phi) is 9.93. The van der Waals surface area contributed by atoms with E-state index in [9.17, 15) is 27.6 Å². The summed E-state index contributed by atoms with van der Waals surface area (Å²) in [6, 6.07) is 10.2. The number of imidazole rings is 1. The van der Waals surface area contributed by atoms with Crippen LogP contribution in [0.15, 0.2) is 54.6 Å². The number of pyridine rings is 1. The van der Waals surface area contributed by atoms with Gasteiger partial charge in [-0.05, 0) is 54.1 Å². The van der Waals surface area contributed by atoms with Gasteiger partial charge in [0.05, 0.1) is 24.5 Å². The molecule has 0 fully saturated rings. The van der Waals surface area contributed by atoms with Crippen LogP contribution >= 0.6 is 23.2 Å². The number of alkyl halides is 2. The smallest absolute Gasteiger partial charge is 0.411 e. The Labute approximate surface area is 270 Å². The molecule has 1 aliphatic heterocycles. The highest BCUT2D eigenvalue weighted by atomic mass is 35.5. The number of methoxy groups -OCH3 is 1. The molecule has 1 aliphatic rings. The van der Waals surface area contributed by atoms with Crippen LogP contribution in [0.4, 0.5) is 29.3 Å². The van der Waals surface area contributed by atoms with E-state index in [-0.39, 0.29) is 63.5 Å². The Balaban J connectivity index is 1.54. The van der Waals surface area contributed by atoms with Crippen LogP contribution in [-0.2, 0) is 27.2 Å². The summed E-state index contributed by atoms with van der Waals surface area (Å²) in [6.45, 7) is 0. The summed E-state index contributed by atoms with van der Waals surface area (Å²) in [6.07, 6.45) is -1.36. The summed E-state index contributed by atoms with van der Waals surface area (Å²) in [7, 11) is 1.20. The molecule has 10 nitrogen and oxygen atoms in total. The van der Waals surface area contributed by atoms with Crippen molar-refractivity contribution >= 4 is 58.6 Å². The fourth-order valence-electron chi connectivity index (χ4n) is 4.78. The van der Waals surface area contributed by atoms with Crippen LogP contribution in [-0.4, -0.2) is 40.0 Å². The normalized spacial score (nSPS) is 14.8. The molecule has 0 spiro atoms. The predicted octanol–water partition coefficient (Wildman–Crippen LogP) is 7.03. The van der Waals surface area contributed by atoms with Crippen LogP contribution < -0.4 is 16.0 Å². The fraction of sp³-hybridized carbons (Fsp3) is 0.194. The summed E-state index contributed by atoms with van der Waals surface area (Å²) in [5.74, 6) is -1.54. The first-order valence-electron chi connectivity index (χ1n) is 13.8. The molecule has 1 unspecified atom stereocenters. The fourth-order valence-corrected chi connectivity index (χ4v) is 5.20. The number of aromatic amines is 1. The second-order valence-corrected chi connectivity index (χ2v) is 10.9. The zero-order valence-electron chi connectivity index (χ0n) is 24.0. The van der Waals surface area contributed by atoms with Gasteiger partial charge >= 0.3 is 6.09 Å². The van der Waals surface area contributed by atoms with Crippen LogP contribution in [0.3, 0.4) is 0 Å². The second kappa shape index (κ2) is 14.0. The number of benzene rings is 2. The molecule has 0 saturated carbocycles. The van der Waals surface area contributed by atoms with Crippen molar-refractivity contribution in [1.82, 2.24) is 20.3 Å². The van der Waals surface area contributed by atoms with Crippen molar-refractivity contribution in [3.63, 3.8) is 0 Å². The number of carbonyl (C=O) groups is 3. The second-order valence-electron chi connectivity index (χ2n) is 10.1. The Morgan fingerprint density at radius 1 is 1.09 bits per heavy atom. The van der Waals surface area contributed by atoms with E-state index in [4.69, 9.17) is 23.2 Å². The number of aryl methyl sites for hydroxylation is 1. The lowest BCUT2D eigenvalue weighted by molar-refractivity contribution is -0.117. The van der Waals surface area contributed by atoms with Crippen molar-refractivity contribution in [3.8, 4) is 11.3 Å². The molecule has 2 aromatic carbocycles. The average molecular weight is 673 g/mol. The van der Waals surface area contributed by atoms with E-state index in [2.05, 4.69) is 35.6 Å². The van der Waals surface area contributed by atoms with Crippen molar-refractivity contribution in [3.05, 3.63) is 98.9 Å². The number of nitrogens with one attached hydrogen (secondary N) is 4. The molecule has 0 aliphatic carbocycles. The number of amides is 3. The molecule has 15 heteroatoms. The molecule has 4 aromatic rings. The Hall–Kier alpha value is -4.88. The first-order chi connectivity index (χ1) is 22.0. The quantitative estimate of drug-likeness (QED) is 0.168. The molecule has 3 heterocycles. The molecule has 1 atom stereocenters. The van der Waals surface area contributed by atoms with Crippen molar-refractivity contribution in [1.29, 1.82) is 0 Å². The number of fused-ring (bicyclic) bond motifs is 6. The largest absolute Gasteiger partial charge is 0.453 e. The number of halogens is 5. The van der Waals surface area contributed by atoms with E-state index in [1.54, 1.807) is 12.1 Å². The minimum atomic E-state index is -2.79. The molecule has 4 N–H and O–H groups in total. The van der Waals surface area contributed by atoms with E-state index in [1.165, 1.54) is 49.6 Å². The highest BCUT2D eigenvalue weighted by Gasteiger charge is 2.25. The van der Waals surface area contributed by atoms with Gasteiger partial charge in [0, 0.05) is 52.9 Å². The highest BCUT2D eigenvalue weighted by Crippen LogP contribution is 2.36. The third-order valence-electron chi connectivity index (χ3n) is 6.98. The molecule has 3 amide bonds. The molecular formula is C31H25Cl2F3N6O4. The van der Waals surface area contributed by atoms with Gasteiger partial charge in [-0.1, -0.05) is 29.3 Å². The lowest BCUT2D eigenvalue weighted by atomic mass is 10.1. The van der Waals surface area contributed by atoms with Gasteiger partial charge in [0.15, 0.2) is 0 Å². The molecule has 0 saturated heterocycles. The predicted molar refractivity (Wildman–Crippen MR) is 166 cm³/mol. The Morgan fingerprint density at radius 3 is 2.65 bits per heavy atom. The maximum atomic E-state index is 14.7. The number of nitrogens with zero attached hydrogens (tertiary/aromatic N) is 2. The van der Waals surface area contributed by atoms with Crippen molar-refractivity contribution < 1.29 is 32.3 Å². The van der Waals surface area contributed by atoms with Gasteiger partial charge in [-0.3, -0.25) is 19.9 Å². The van der Waals surface area contributed by atoms with Gasteiger partial charge in [0.25, 0.3) is 6.43 Å². The Morgan fingerprint density at radius 2 is 1.89 bits per heavy atom. The summed E-state index contributed by atoms with van der Waals surface area (Å²) >= 11 is 12.6. The molecule has 5 rings (SSSR count).